The molecule has 0 aliphatic heterocycles. The van der Waals surface area contributed by atoms with Crippen LogP contribution in [-0.4, -0.2) is 13.1 Å². The zero-order valence-electron chi connectivity index (χ0n) is 11.9. The molecule has 0 radical (unpaired) electrons. The summed E-state index contributed by atoms with van der Waals surface area (Å²) in [7, 11) is 1.60. The molecule has 0 saturated heterocycles. The van der Waals surface area contributed by atoms with E-state index in [4.69, 9.17) is 9.57 Å². The highest BCUT2D eigenvalue weighted by Crippen LogP contribution is 2.17. The quantitative estimate of drug-likeness (QED) is 0.628. The second-order valence-electron chi connectivity index (χ2n) is 4.16. The van der Waals surface area contributed by atoms with Crippen LogP contribution in [0.15, 0.2) is 35.4 Å². The number of rotatable bonds is 6. The second kappa shape index (κ2) is 7.46. The third-order valence-corrected chi connectivity index (χ3v) is 3.04. The summed E-state index contributed by atoms with van der Waals surface area (Å²) in [6.07, 6.45) is 1.72. The van der Waals surface area contributed by atoms with Gasteiger partial charge in [-0.25, -0.2) is 10.3 Å². The zero-order valence-corrected chi connectivity index (χ0v) is 11.9. The molecule has 0 bridgehead atoms. The zero-order chi connectivity index (χ0) is 14.3. The molecule has 1 aromatic carbocycles. The Hall–Kier alpha value is -1.97. The van der Waals surface area contributed by atoms with Crippen molar-refractivity contribution in [2.24, 2.45) is 0 Å². The number of allylic oxidation sites excluding steroid dienone is 1. The molecule has 0 amide bonds. The van der Waals surface area contributed by atoms with E-state index in [1.165, 1.54) is 0 Å². The summed E-state index contributed by atoms with van der Waals surface area (Å²) in [6.45, 7) is 5.86. The van der Waals surface area contributed by atoms with Crippen molar-refractivity contribution in [1.82, 2.24) is 0 Å². The lowest BCUT2D eigenvalue weighted by molar-refractivity contribution is -0.136. The maximum absolute atomic E-state index is 11.8. The van der Waals surface area contributed by atoms with Crippen LogP contribution >= 0.6 is 0 Å². The van der Waals surface area contributed by atoms with E-state index in [0.717, 1.165) is 24.2 Å². The maximum Gasteiger partial charge on any atom is 0.358 e. The van der Waals surface area contributed by atoms with Gasteiger partial charge in [0.05, 0.1) is 12.8 Å². The van der Waals surface area contributed by atoms with Gasteiger partial charge in [-0.2, -0.15) is 0 Å². The van der Waals surface area contributed by atoms with Gasteiger partial charge < -0.3 is 9.57 Å². The van der Waals surface area contributed by atoms with E-state index in [9.17, 15) is 4.79 Å². The first kappa shape index (κ1) is 15.1. The van der Waals surface area contributed by atoms with Crippen molar-refractivity contribution in [1.29, 1.82) is 0 Å². The minimum absolute atomic E-state index is 0.338. The molecule has 4 nitrogen and oxygen atoms in total. The predicted octanol–water partition coefficient (Wildman–Crippen LogP) is 3.70. The van der Waals surface area contributed by atoms with E-state index in [0.29, 0.717) is 11.3 Å². The standard InChI is InChI=1S/C15H21NO3/c1-5-12(6-2)11(3)15(17)19-16-13-7-9-14(18-4)10-8-13/h7-10,16H,5-6H2,1-4H3. The molecule has 0 fully saturated rings. The summed E-state index contributed by atoms with van der Waals surface area (Å²) in [6, 6.07) is 7.15. The third kappa shape index (κ3) is 4.32. The first-order valence-corrected chi connectivity index (χ1v) is 6.42. The molecule has 19 heavy (non-hydrogen) atoms. The number of benzene rings is 1. The van der Waals surface area contributed by atoms with E-state index in [-0.39, 0.29) is 5.97 Å². The molecule has 0 aromatic heterocycles. The van der Waals surface area contributed by atoms with Crippen LogP contribution in [-0.2, 0) is 9.63 Å². The van der Waals surface area contributed by atoms with Crippen LogP contribution in [0.1, 0.15) is 33.6 Å². The topological polar surface area (TPSA) is 47.6 Å². The highest BCUT2D eigenvalue weighted by Gasteiger charge is 2.10. The molecule has 1 aromatic rings. The lowest BCUT2D eigenvalue weighted by Crippen LogP contribution is -2.12. The molecule has 0 atom stereocenters. The van der Waals surface area contributed by atoms with Crippen LogP contribution in [0, 0.1) is 0 Å². The van der Waals surface area contributed by atoms with Crippen LogP contribution < -0.4 is 10.2 Å². The highest BCUT2D eigenvalue weighted by atomic mass is 16.7. The highest BCUT2D eigenvalue weighted by molar-refractivity contribution is 5.89. The summed E-state index contributed by atoms with van der Waals surface area (Å²) in [5.74, 6) is 0.418. The SMILES string of the molecule is CCC(CC)=C(C)C(=O)ONc1ccc(OC)cc1. The van der Waals surface area contributed by atoms with E-state index in [2.05, 4.69) is 5.48 Å². The molecule has 1 N–H and O–H groups in total. The molecule has 104 valence electrons. The van der Waals surface area contributed by atoms with Gasteiger partial charge in [-0.15, -0.1) is 0 Å². The van der Waals surface area contributed by atoms with Gasteiger partial charge in [0.2, 0.25) is 0 Å². The fourth-order valence-corrected chi connectivity index (χ4v) is 1.77. The fraction of sp³-hybridized carbons (Fsp3) is 0.400. The summed E-state index contributed by atoms with van der Waals surface area (Å²) >= 11 is 0. The molecule has 0 unspecified atom stereocenters. The summed E-state index contributed by atoms with van der Waals surface area (Å²) in [5.41, 5.74) is 5.13. The fourth-order valence-electron chi connectivity index (χ4n) is 1.77. The normalized spacial score (nSPS) is 9.68. The number of nitrogens with one attached hydrogen (secondary N) is 1. The average Bonchev–Trinajstić information content (AvgIpc) is 2.46. The Morgan fingerprint density at radius 1 is 1.16 bits per heavy atom. The lowest BCUT2D eigenvalue weighted by Gasteiger charge is -2.10. The monoisotopic (exact) mass is 263 g/mol. The van der Waals surface area contributed by atoms with Crippen molar-refractivity contribution in [3.05, 3.63) is 35.4 Å². The number of carbonyl (C=O) groups excluding carboxylic acids is 1. The van der Waals surface area contributed by atoms with Crippen molar-refractivity contribution in [3.63, 3.8) is 0 Å². The number of carbonyl (C=O) groups is 1. The second-order valence-corrected chi connectivity index (χ2v) is 4.16. The van der Waals surface area contributed by atoms with Crippen molar-refractivity contribution >= 4 is 11.7 Å². The van der Waals surface area contributed by atoms with Gasteiger partial charge in [-0.3, -0.25) is 0 Å². The van der Waals surface area contributed by atoms with Crippen molar-refractivity contribution in [3.8, 4) is 5.75 Å². The van der Waals surface area contributed by atoms with Crippen LogP contribution in [0.2, 0.25) is 0 Å². The molecular weight excluding hydrogens is 242 g/mol. The first-order valence-electron chi connectivity index (χ1n) is 6.42. The third-order valence-electron chi connectivity index (χ3n) is 3.04. The van der Waals surface area contributed by atoms with Crippen LogP contribution in [0.25, 0.3) is 0 Å². The summed E-state index contributed by atoms with van der Waals surface area (Å²) in [5, 5.41) is 0. The Kier molecular flexibility index (Phi) is 5.93. The molecule has 0 aliphatic rings. The molecule has 0 aliphatic carbocycles. The van der Waals surface area contributed by atoms with E-state index < -0.39 is 0 Å². The Balaban J connectivity index is 2.60. The van der Waals surface area contributed by atoms with Gasteiger partial charge in [-0.05, 0) is 44.0 Å². The largest absolute Gasteiger partial charge is 0.497 e. The Morgan fingerprint density at radius 3 is 2.21 bits per heavy atom. The van der Waals surface area contributed by atoms with Crippen LogP contribution in [0.4, 0.5) is 5.69 Å². The molecular formula is C15H21NO3. The molecule has 0 heterocycles. The lowest BCUT2D eigenvalue weighted by atomic mass is 10.1. The van der Waals surface area contributed by atoms with Crippen molar-refractivity contribution in [2.45, 2.75) is 33.6 Å². The van der Waals surface area contributed by atoms with Gasteiger partial charge in [0.1, 0.15) is 5.75 Å². The van der Waals surface area contributed by atoms with Gasteiger partial charge in [0.25, 0.3) is 0 Å². The first-order chi connectivity index (χ1) is 9.12. The predicted molar refractivity (Wildman–Crippen MR) is 76.0 cm³/mol. The number of methoxy groups -OCH3 is 1. The summed E-state index contributed by atoms with van der Waals surface area (Å²) in [4.78, 5) is 16.9. The summed E-state index contributed by atoms with van der Waals surface area (Å²) < 4.78 is 5.05. The smallest absolute Gasteiger partial charge is 0.358 e. The Bertz CT molecular complexity index is 443. The number of hydrogen-bond acceptors (Lipinski definition) is 4. The van der Waals surface area contributed by atoms with Crippen LogP contribution in [0.5, 0.6) is 5.75 Å². The van der Waals surface area contributed by atoms with Crippen LogP contribution in [0.3, 0.4) is 0 Å². The number of ether oxygens (including phenoxy) is 1. The van der Waals surface area contributed by atoms with Crippen molar-refractivity contribution in [2.75, 3.05) is 12.6 Å². The Labute approximate surface area is 114 Å². The molecule has 0 spiro atoms. The van der Waals surface area contributed by atoms with Gasteiger partial charge in [0, 0.05) is 5.57 Å². The molecule has 0 saturated carbocycles. The molecule has 4 heteroatoms. The van der Waals surface area contributed by atoms with E-state index in [1.54, 1.807) is 38.3 Å². The van der Waals surface area contributed by atoms with E-state index >= 15 is 0 Å². The number of anilines is 1. The van der Waals surface area contributed by atoms with Gasteiger partial charge >= 0.3 is 5.97 Å². The number of hydrogen-bond donors (Lipinski definition) is 1. The van der Waals surface area contributed by atoms with Crippen molar-refractivity contribution < 1.29 is 14.4 Å². The Morgan fingerprint density at radius 2 is 1.74 bits per heavy atom. The van der Waals surface area contributed by atoms with E-state index in [1.807, 2.05) is 13.8 Å². The maximum atomic E-state index is 11.8. The van der Waals surface area contributed by atoms with Gasteiger partial charge in [-0.1, -0.05) is 19.4 Å². The minimum atomic E-state index is -0.338. The minimum Gasteiger partial charge on any atom is -0.497 e. The molecule has 1 rings (SSSR count). The average molecular weight is 263 g/mol. The van der Waals surface area contributed by atoms with Gasteiger partial charge in [0.15, 0.2) is 0 Å².